The zero-order chi connectivity index (χ0) is 25.8. The SMILES string of the molecule is Nc1cc(Cl)c(NC(=O)CN2CCN(Cc3nc(-c4ccccc4)c(-c4ccccc4)o3)CC2)c(Cl)c1. The van der Waals surface area contributed by atoms with Crippen LogP contribution in [0.15, 0.2) is 77.2 Å². The second kappa shape index (κ2) is 11.4. The lowest BCUT2D eigenvalue weighted by Crippen LogP contribution is -2.48. The number of aromatic nitrogens is 1. The Morgan fingerprint density at radius 1 is 0.892 bits per heavy atom. The summed E-state index contributed by atoms with van der Waals surface area (Å²) in [5, 5.41) is 3.44. The molecule has 2 heterocycles. The van der Waals surface area contributed by atoms with Crippen molar-refractivity contribution < 1.29 is 9.21 Å². The Morgan fingerprint density at radius 3 is 2.08 bits per heavy atom. The molecular weight excluding hydrogens is 509 g/mol. The minimum Gasteiger partial charge on any atom is -0.439 e. The van der Waals surface area contributed by atoms with Gasteiger partial charge in [-0.25, -0.2) is 4.98 Å². The van der Waals surface area contributed by atoms with Gasteiger partial charge < -0.3 is 15.5 Å². The molecule has 1 fully saturated rings. The van der Waals surface area contributed by atoms with E-state index < -0.39 is 0 Å². The fourth-order valence-electron chi connectivity index (χ4n) is 4.40. The number of hydrogen-bond donors (Lipinski definition) is 2. The highest BCUT2D eigenvalue weighted by atomic mass is 35.5. The fourth-order valence-corrected chi connectivity index (χ4v) is 5.00. The van der Waals surface area contributed by atoms with Gasteiger partial charge in [-0.1, -0.05) is 83.9 Å². The van der Waals surface area contributed by atoms with Crippen molar-refractivity contribution in [1.82, 2.24) is 14.8 Å². The van der Waals surface area contributed by atoms with Gasteiger partial charge in [0, 0.05) is 43.0 Å². The molecule has 5 rings (SSSR count). The van der Waals surface area contributed by atoms with E-state index in [4.69, 9.17) is 38.3 Å². The Kier molecular flexibility index (Phi) is 7.76. The molecule has 3 aromatic carbocycles. The van der Waals surface area contributed by atoms with Crippen LogP contribution >= 0.6 is 23.2 Å². The standard InChI is InChI=1S/C28H27Cl2N5O2/c29-22-15-21(31)16-23(30)27(22)32-24(36)17-34-11-13-35(14-12-34)18-25-33-26(19-7-3-1-4-8-19)28(37-25)20-9-5-2-6-10-20/h1-10,15-16H,11-14,17-18,31H2,(H,32,36). The first-order valence-corrected chi connectivity index (χ1v) is 12.8. The number of nitrogens with two attached hydrogens (primary N) is 1. The normalized spacial score (nSPS) is 14.5. The minimum absolute atomic E-state index is 0.172. The van der Waals surface area contributed by atoms with Crippen LogP contribution in [-0.4, -0.2) is 53.4 Å². The van der Waals surface area contributed by atoms with Crippen LogP contribution in [0.2, 0.25) is 10.0 Å². The fraction of sp³-hybridized carbons (Fsp3) is 0.214. The molecule has 0 unspecified atom stereocenters. The quantitative estimate of drug-likeness (QED) is 0.297. The van der Waals surface area contributed by atoms with E-state index in [1.807, 2.05) is 60.7 Å². The van der Waals surface area contributed by atoms with E-state index in [2.05, 4.69) is 15.1 Å². The molecular formula is C28H27Cl2N5O2. The summed E-state index contributed by atoms with van der Waals surface area (Å²) in [6.07, 6.45) is 0. The molecule has 1 aliphatic rings. The number of anilines is 2. The second-order valence-electron chi connectivity index (χ2n) is 8.98. The molecule has 37 heavy (non-hydrogen) atoms. The number of oxazole rings is 1. The largest absolute Gasteiger partial charge is 0.439 e. The van der Waals surface area contributed by atoms with Crippen LogP contribution in [0.5, 0.6) is 0 Å². The van der Waals surface area contributed by atoms with E-state index in [-0.39, 0.29) is 12.5 Å². The van der Waals surface area contributed by atoms with Crippen LogP contribution in [0.1, 0.15) is 5.89 Å². The van der Waals surface area contributed by atoms with Crippen LogP contribution in [0.4, 0.5) is 11.4 Å². The zero-order valence-corrected chi connectivity index (χ0v) is 21.7. The number of amides is 1. The van der Waals surface area contributed by atoms with Gasteiger partial charge in [0.25, 0.3) is 0 Å². The molecule has 4 aromatic rings. The van der Waals surface area contributed by atoms with Gasteiger partial charge in [0.1, 0.15) is 5.69 Å². The zero-order valence-electron chi connectivity index (χ0n) is 20.2. The van der Waals surface area contributed by atoms with E-state index in [0.717, 1.165) is 48.8 Å². The van der Waals surface area contributed by atoms with E-state index in [1.165, 1.54) is 0 Å². The number of halogens is 2. The smallest absolute Gasteiger partial charge is 0.238 e. The molecule has 1 aromatic heterocycles. The molecule has 0 bridgehead atoms. The minimum atomic E-state index is -0.172. The maximum Gasteiger partial charge on any atom is 0.238 e. The van der Waals surface area contributed by atoms with Crippen LogP contribution in [0, 0.1) is 0 Å². The molecule has 9 heteroatoms. The third-order valence-corrected chi connectivity index (χ3v) is 6.87. The van der Waals surface area contributed by atoms with Crippen molar-refractivity contribution in [2.45, 2.75) is 6.54 Å². The summed E-state index contributed by atoms with van der Waals surface area (Å²) in [5.41, 5.74) is 9.43. The lowest BCUT2D eigenvalue weighted by molar-refractivity contribution is -0.117. The van der Waals surface area contributed by atoms with E-state index >= 15 is 0 Å². The van der Waals surface area contributed by atoms with Crippen molar-refractivity contribution in [2.24, 2.45) is 0 Å². The maximum atomic E-state index is 12.6. The molecule has 1 aliphatic heterocycles. The van der Waals surface area contributed by atoms with E-state index in [1.54, 1.807) is 12.1 Å². The van der Waals surface area contributed by atoms with Gasteiger partial charge in [0.15, 0.2) is 5.76 Å². The number of rotatable bonds is 7. The van der Waals surface area contributed by atoms with Crippen LogP contribution in [0.25, 0.3) is 22.6 Å². The Hall–Kier alpha value is -3.36. The molecule has 0 saturated carbocycles. The van der Waals surface area contributed by atoms with Crippen LogP contribution in [-0.2, 0) is 11.3 Å². The predicted molar refractivity (Wildman–Crippen MR) is 149 cm³/mol. The Labute approximate surface area is 225 Å². The molecule has 1 amide bonds. The maximum absolute atomic E-state index is 12.6. The molecule has 0 atom stereocenters. The van der Waals surface area contributed by atoms with Gasteiger partial charge >= 0.3 is 0 Å². The van der Waals surface area contributed by atoms with Gasteiger partial charge in [-0.15, -0.1) is 0 Å². The van der Waals surface area contributed by atoms with Gasteiger partial charge in [-0.05, 0) is 12.1 Å². The first-order chi connectivity index (χ1) is 18.0. The van der Waals surface area contributed by atoms with E-state index in [9.17, 15) is 4.79 Å². The molecule has 190 valence electrons. The summed E-state index contributed by atoms with van der Waals surface area (Å²) in [5.74, 6) is 1.28. The number of piperazine rings is 1. The second-order valence-corrected chi connectivity index (χ2v) is 9.79. The average Bonchev–Trinajstić information content (AvgIpc) is 3.32. The molecule has 3 N–H and O–H groups in total. The molecule has 0 radical (unpaired) electrons. The number of benzene rings is 3. The first-order valence-electron chi connectivity index (χ1n) is 12.1. The summed E-state index contributed by atoms with van der Waals surface area (Å²) in [4.78, 5) is 21.9. The van der Waals surface area contributed by atoms with Gasteiger partial charge in [0.05, 0.1) is 28.8 Å². The number of nitrogens with one attached hydrogen (secondary N) is 1. The van der Waals surface area contributed by atoms with Crippen LogP contribution < -0.4 is 11.1 Å². The van der Waals surface area contributed by atoms with Gasteiger partial charge in [-0.2, -0.15) is 0 Å². The average molecular weight is 536 g/mol. The predicted octanol–water partition coefficient (Wildman–Crippen LogP) is 5.65. The number of carbonyl (C=O) groups excluding carboxylic acids is 1. The summed E-state index contributed by atoms with van der Waals surface area (Å²) in [6, 6.07) is 23.3. The number of nitrogens with zero attached hydrogens (tertiary/aromatic N) is 3. The van der Waals surface area contributed by atoms with Crippen LogP contribution in [0.3, 0.4) is 0 Å². The topological polar surface area (TPSA) is 87.6 Å². The summed E-state index contributed by atoms with van der Waals surface area (Å²) in [6.45, 7) is 3.92. The number of nitrogen functional groups attached to an aromatic ring is 1. The van der Waals surface area contributed by atoms with Crippen molar-refractivity contribution in [3.8, 4) is 22.6 Å². The molecule has 0 aliphatic carbocycles. The molecule has 7 nitrogen and oxygen atoms in total. The lowest BCUT2D eigenvalue weighted by atomic mass is 10.1. The van der Waals surface area contributed by atoms with Gasteiger partial charge in [0.2, 0.25) is 11.8 Å². The number of hydrogen-bond acceptors (Lipinski definition) is 6. The highest BCUT2D eigenvalue weighted by molar-refractivity contribution is 6.40. The van der Waals surface area contributed by atoms with Crippen molar-refractivity contribution in [3.63, 3.8) is 0 Å². The van der Waals surface area contributed by atoms with E-state index in [0.29, 0.717) is 33.9 Å². The van der Waals surface area contributed by atoms with Crippen molar-refractivity contribution in [1.29, 1.82) is 0 Å². The monoisotopic (exact) mass is 535 g/mol. The summed E-state index contributed by atoms with van der Waals surface area (Å²) in [7, 11) is 0. The summed E-state index contributed by atoms with van der Waals surface area (Å²) >= 11 is 12.4. The highest BCUT2D eigenvalue weighted by Crippen LogP contribution is 2.34. The molecule has 1 saturated heterocycles. The third kappa shape index (κ3) is 6.14. The lowest BCUT2D eigenvalue weighted by Gasteiger charge is -2.33. The highest BCUT2D eigenvalue weighted by Gasteiger charge is 2.23. The van der Waals surface area contributed by atoms with Gasteiger partial charge in [-0.3, -0.25) is 14.6 Å². The molecule has 0 spiro atoms. The van der Waals surface area contributed by atoms with Crippen molar-refractivity contribution in [3.05, 3.63) is 88.7 Å². The first kappa shape index (κ1) is 25.3. The Bertz CT molecular complexity index is 1290. The van der Waals surface area contributed by atoms with Crippen molar-refractivity contribution in [2.75, 3.05) is 43.8 Å². The Balaban J connectivity index is 1.21. The summed E-state index contributed by atoms with van der Waals surface area (Å²) < 4.78 is 6.28. The van der Waals surface area contributed by atoms with Crippen molar-refractivity contribution >= 4 is 40.5 Å². The number of carbonyl (C=O) groups is 1. The third-order valence-electron chi connectivity index (χ3n) is 6.27. The Morgan fingerprint density at radius 2 is 1.46 bits per heavy atom.